The van der Waals surface area contributed by atoms with Gasteiger partial charge in [0.05, 0.1) is 0 Å². The number of aromatic amines is 1. The van der Waals surface area contributed by atoms with E-state index in [4.69, 9.17) is 4.99 Å². The molecule has 0 bridgehead atoms. The number of H-pyrrole nitrogens is 1. The van der Waals surface area contributed by atoms with E-state index in [9.17, 15) is 0 Å². The zero-order valence-electron chi connectivity index (χ0n) is 14.9. The van der Waals surface area contributed by atoms with Crippen LogP contribution >= 0.6 is 11.8 Å². The van der Waals surface area contributed by atoms with Gasteiger partial charge in [0.1, 0.15) is 0 Å². The number of fused-ring (bicyclic) bond motifs is 1. The summed E-state index contributed by atoms with van der Waals surface area (Å²) in [6.07, 6.45) is 2.09. The van der Waals surface area contributed by atoms with Crippen molar-refractivity contribution in [2.45, 2.75) is 24.9 Å². The van der Waals surface area contributed by atoms with Crippen molar-refractivity contribution in [3.63, 3.8) is 0 Å². The molecular formula is C20H21N5S. The normalized spacial score (nSPS) is 15.7. The summed E-state index contributed by atoms with van der Waals surface area (Å²) in [5.74, 6) is 1.52. The van der Waals surface area contributed by atoms with Crippen molar-refractivity contribution in [3.8, 4) is 0 Å². The minimum Gasteiger partial charge on any atom is -0.302 e. The first-order valence-corrected chi connectivity index (χ1v) is 9.77. The lowest BCUT2D eigenvalue weighted by Gasteiger charge is -2.31. The van der Waals surface area contributed by atoms with E-state index in [1.54, 1.807) is 11.8 Å². The fraction of sp³-hybridized carbons (Fsp3) is 0.200. The van der Waals surface area contributed by atoms with Crippen molar-refractivity contribution in [1.29, 1.82) is 0 Å². The van der Waals surface area contributed by atoms with Gasteiger partial charge in [0.25, 0.3) is 0 Å². The predicted octanol–water partition coefficient (Wildman–Crippen LogP) is 4.04. The molecule has 0 unspecified atom stereocenters. The zero-order chi connectivity index (χ0) is 17.9. The summed E-state index contributed by atoms with van der Waals surface area (Å²) < 4.78 is 0. The first-order valence-electron chi connectivity index (χ1n) is 8.55. The third-order valence-corrected chi connectivity index (χ3v) is 5.09. The Labute approximate surface area is 157 Å². The lowest BCUT2D eigenvalue weighted by atomic mass is 10.0. The standard InChI is InChI=1S/C20H21N5S/c1-14-11-19(23-22-14)21-20-18-6-4-3-5-16(18)13-25(24-20)12-15-7-9-17(26-2)10-8-15/h3-11H,12-13H2,1-2H3,(H2,21,22,23,24). The molecule has 2 heterocycles. The monoisotopic (exact) mass is 363 g/mol. The molecule has 5 nitrogen and oxygen atoms in total. The van der Waals surface area contributed by atoms with Crippen LogP contribution in [0, 0.1) is 6.92 Å². The van der Waals surface area contributed by atoms with Gasteiger partial charge in [0.15, 0.2) is 11.7 Å². The number of hydrogen-bond donors (Lipinski definition) is 2. The molecule has 1 aliphatic rings. The predicted molar refractivity (Wildman–Crippen MR) is 107 cm³/mol. The number of aliphatic imine (C=N–C) groups is 1. The number of nitrogens with zero attached hydrogens (tertiary/aromatic N) is 3. The molecule has 0 saturated carbocycles. The van der Waals surface area contributed by atoms with E-state index in [-0.39, 0.29) is 0 Å². The van der Waals surface area contributed by atoms with E-state index in [1.165, 1.54) is 16.0 Å². The Morgan fingerprint density at radius 3 is 2.69 bits per heavy atom. The summed E-state index contributed by atoms with van der Waals surface area (Å²) in [5.41, 5.74) is 8.13. The number of benzene rings is 2. The van der Waals surface area contributed by atoms with Crippen LogP contribution in [0.3, 0.4) is 0 Å². The summed E-state index contributed by atoms with van der Waals surface area (Å²) in [7, 11) is 0. The van der Waals surface area contributed by atoms with E-state index in [0.29, 0.717) is 5.82 Å². The maximum absolute atomic E-state index is 4.72. The first kappa shape index (κ1) is 16.9. The van der Waals surface area contributed by atoms with Gasteiger partial charge in [-0.05, 0) is 36.4 Å². The molecule has 0 saturated heterocycles. The van der Waals surface area contributed by atoms with Gasteiger partial charge >= 0.3 is 0 Å². The van der Waals surface area contributed by atoms with Crippen molar-refractivity contribution >= 4 is 23.4 Å². The summed E-state index contributed by atoms with van der Waals surface area (Å²) in [4.78, 5) is 6.00. The minimum absolute atomic E-state index is 0.686. The summed E-state index contributed by atoms with van der Waals surface area (Å²) >= 11 is 1.76. The van der Waals surface area contributed by atoms with E-state index in [2.05, 4.69) is 69.4 Å². The van der Waals surface area contributed by atoms with Crippen LogP contribution in [-0.2, 0) is 13.1 Å². The average Bonchev–Trinajstić information content (AvgIpc) is 3.07. The molecule has 26 heavy (non-hydrogen) atoms. The van der Waals surface area contributed by atoms with E-state index in [0.717, 1.165) is 30.2 Å². The minimum atomic E-state index is 0.686. The van der Waals surface area contributed by atoms with Crippen LogP contribution in [0.5, 0.6) is 0 Å². The van der Waals surface area contributed by atoms with E-state index < -0.39 is 0 Å². The number of amidine groups is 1. The third-order valence-electron chi connectivity index (χ3n) is 4.35. The van der Waals surface area contributed by atoms with Gasteiger partial charge in [0.2, 0.25) is 0 Å². The Balaban J connectivity index is 1.61. The number of nitrogens with one attached hydrogen (secondary N) is 2. The van der Waals surface area contributed by atoms with Gasteiger partial charge in [-0.3, -0.25) is 5.10 Å². The SMILES string of the molecule is CSc1ccc(CN2Cc3ccccc3C(=Nc3cc(C)[nH]n3)N2)cc1. The Bertz CT molecular complexity index is 929. The Morgan fingerprint density at radius 2 is 1.96 bits per heavy atom. The van der Waals surface area contributed by atoms with Crippen molar-refractivity contribution in [3.05, 3.63) is 77.0 Å². The maximum Gasteiger partial charge on any atom is 0.175 e. The van der Waals surface area contributed by atoms with Crippen molar-refractivity contribution in [2.75, 3.05) is 6.26 Å². The molecule has 0 amide bonds. The van der Waals surface area contributed by atoms with E-state index in [1.807, 2.05) is 19.1 Å². The van der Waals surface area contributed by atoms with Gasteiger partial charge in [-0.25, -0.2) is 10.0 Å². The molecule has 132 valence electrons. The molecule has 1 aliphatic heterocycles. The Morgan fingerprint density at radius 1 is 1.15 bits per heavy atom. The zero-order valence-corrected chi connectivity index (χ0v) is 15.7. The lowest BCUT2D eigenvalue weighted by Crippen LogP contribution is -2.45. The van der Waals surface area contributed by atoms with Crippen LogP contribution in [0.15, 0.2) is 64.5 Å². The molecule has 0 aliphatic carbocycles. The first-order chi connectivity index (χ1) is 12.7. The molecule has 0 radical (unpaired) electrons. The number of aromatic nitrogens is 2. The summed E-state index contributed by atoms with van der Waals surface area (Å²) in [5, 5.41) is 9.37. The number of hydrazine groups is 1. The fourth-order valence-corrected chi connectivity index (χ4v) is 3.46. The van der Waals surface area contributed by atoms with Crippen LogP contribution in [0.4, 0.5) is 5.82 Å². The van der Waals surface area contributed by atoms with Gasteiger partial charge < -0.3 is 5.43 Å². The lowest BCUT2D eigenvalue weighted by molar-refractivity contribution is 0.209. The number of rotatable bonds is 4. The van der Waals surface area contributed by atoms with E-state index >= 15 is 0 Å². The molecule has 3 aromatic rings. The molecule has 0 atom stereocenters. The fourth-order valence-electron chi connectivity index (χ4n) is 3.05. The molecule has 0 spiro atoms. The smallest absolute Gasteiger partial charge is 0.175 e. The molecule has 2 N–H and O–H groups in total. The molecule has 0 fully saturated rings. The maximum atomic E-state index is 4.72. The van der Waals surface area contributed by atoms with Crippen molar-refractivity contribution in [1.82, 2.24) is 20.6 Å². The molecule has 4 rings (SSSR count). The Hall–Kier alpha value is -2.57. The molecule has 6 heteroatoms. The molecule has 1 aromatic heterocycles. The van der Waals surface area contributed by atoms with Crippen LogP contribution in [0.1, 0.15) is 22.4 Å². The van der Waals surface area contributed by atoms with Crippen LogP contribution in [-0.4, -0.2) is 27.3 Å². The molecular weight excluding hydrogens is 342 g/mol. The summed E-state index contributed by atoms with van der Waals surface area (Å²) in [6, 6.07) is 19.0. The topological polar surface area (TPSA) is 56.3 Å². The second-order valence-electron chi connectivity index (χ2n) is 6.34. The highest BCUT2D eigenvalue weighted by Crippen LogP contribution is 2.21. The second-order valence-corrected chi connectivity index (χ2v) is 7.22. The van der Waals surface area contributed by atoms with Crippen LogP contribution < -0.4 is 5.43 Å². The van der Waals surface area contributed by atoms with Crippen molar-refractivity contribution in [2.24, 2.45) is 4.99 Å². The Kier molecular flexibility index (Phi) is 4.77. The quantitative estimate of drug-likeness (QED) is 0.687. The highest BCUT2D eigenvalue weighted by atomic mass is 32.2. The molecule has 2 aromatic carbocycles. The van der Waals surface area contributed by atoms with Gasteiger partial charge in [-0.2, -0.15) is 5.10 Å². The largest absolute Gasteiger partial charge is 0.302 e. The second kappa shape index (κ2) is 7.35. The number of hydrogen-bond acceptors (Lipinski definition) is 4. The van der Waals surface area contributed by atoms with Gasteiger partial charge in [0, 0.05) is 35.3 Å². The van der Waals surface area contributed by atoms with Crippen LogP contribution in [0.25, 0.3) is 0 Å². The summed E-state index contributed by atoms with van der Waals surface area (Å²) in [6.45, 7) is 3.62. The number of aryl methyl sites for hydroxylation is 1. The van der Waals surface area contributed by atoms with Gasteiger partial charge in [-0.15, -0.1) is 11.8 Å². The highest BCUT2D eigenvalue weighted by molar-refractivity contribution is 7.98. The highest BCUT2D eigenvalue weighted by Gasteiger charge is 2.21. The third kappa shape index (κ3) is 3.66. The van der Waals surface area contributed by atoms with Crippen LogP contribution in [0.2, 0.25) is 0 Å². The van der Waals surface area contributed by atoms with Gasteiger partial charge in [-0.1, -0.05) is 36.4 Å². The average molecular weight is 363 g/mol. The van der Waals surface area contributed by atoms with Crippen molar-refractivity contribution < 1.29 is 0 Å². The number of thioether (sulfide) groups is 1.